The number of ether oxygens (including phenoxy) is 1. The Morgan fingerprint density at radius 2 is 1.85 bits per heavy atom. The summed E-state index contributed by atoms with van der Waals surface area (Å²) in [6, 6.07) is 9.42. The molecule has 0 aliphatic heterocycles. The SMILES string of the molecule is CCCCN(CC)S(=O)(=O)c1ccc(C(=O)N=c2sc3ccc(Cl)c(Cl)c3n2CCOC)cc1. The maximum Gasteiger partial charge on any atom is 0.279 e. The molecule has 7 nitrogen and oxygen atoms in total. The highest BCUT2D eigenvalue weighted by molar-refractivity contribution is 7.89. The third-order valence-electron chi connectivity index (χ3n) is 5.30. The number of sulfonamides is 1. The van der Waals surface area contributed by atoms with Crippen molar-refractivity contribution in [2.24, 2.45) is 4.99 Å². The van der Waals surface area contributed by atoms with E-state index in [-0.39, 0.29) is 10.5 Å². The third-order valence-corrected chi connectivity index (χ3v) is 9.13. The van der Waals surface area contributed by atoms with E-state index >= 15 is 0 Å². The Hall–Kier alpha value is -1.75. The molecule has 0 aliphatic rings. The topological polar surface area (TPSA) is 81.0 Å². The van der Waals surface area contributed by atoms with Gasteiger partial charge in [0.05, 0.1) is 31.8 Å². The molecule has 0 atom stereocenters. The van der Waals surface area contributed by atoms with Gasteiger partial charge >= 0.3 is 0 Å². The van der Waals surface area contributed by atoms with E-state index < -0.39 is 15.9 Å². The monoisotopic (exact) mass is 543 g/mol. The van der Waals surface area contributed by atoms with Crippen molar-refractivity contribution in [3.05, 3.63) is 56.8 Å². The Bertz CT molecular complexity index is 1330. The fourth-order valence-electron chi connectivity index (χ4n) is 3.43. The van der Waals surface area contributed by atoms with Gasteiger partial charge < -0.3 is 9.30 Å². The second-order valence-electron chi connectivity index (χ2n) is 7.53. The van der Waals surface area contributed by atoms with Gasteiger partial charge in [-0.1, -0.05) is 54.8 Å². The maximum atomic E-state index is 12.9. The number of hydrogen-bond donors (Lipinski definition) is 0. The maximum absolute atomic E-state index is 12.9. The molecule has 184 valence electrons. The van der Waals surface area contributed by atoms with E-state index in [1.54, 1.807) is 17.7 Å². The number of benzene rings is 2. The number of amides is 1. The minimum absolute atomic E-state index is 0.153. The minimum atomic E-state index is -3.62. The van der Waals surface area contributed by atoms with Crippen LogP contribution in [0.15, 0.2) is 46.3 Å². The molecule has 0 unspecified atom stereocenters. The summed E-state index contributed by atoms with van der Waals surface area (Å²) in [6.45, 7) is 5.51. The zero-order chi connectivity index (χ0) is 24.9. The van der Waals surface area contributed by atoms with Gasteiger partial charge in [0.25, 0.3) is 5.91 Å². The lowest BCUT2D eigenvalue weighted by atomic mass is 10.2. The lowest BCUT2D eigenvalue weighted by molar-refractivity contribution is 0.0997. The Balaban J connectivity index is 1.97. The standard InChI is InChI=1S/C23H27Cl2N3O4S2/c1-4-6-13-27(5-2)34(30,31)17-9-7-16(8-10-17)22(29)26-23-28(14-15-32-3)21-19(33-23)12-11-18(24)20(21)25/h7-12H,4-6,13-15H2,1-3H3. The van der Waals surface area contributed by atoms with Crippen molar-refractivity contribution in [3.8, 4) is 0 Å². The number of thiazole rings is 1. The number of fused-ring (bicyclic) bond motifs is 1. The summed E-state index contributed by atoms with van der Waals surface area (Å²) >= 11 is 13.9. The Morgan fingerprint density at radius 3 is 2.47 bits per heavy atom. The quantitative estimate of drug-likeness (QED) is 0.351. The smallest absolute Gasteiger partial charge is 0.279 e. The van der Waals surface area contributed by atoms with E-state index in [0.717, 1.165) is 17.5 Å². The van der Waals surface area contributed by atoms with Gasteiger partial charge in [-0.2, -0.15) is 9.30 Å². The number of aromatic nitrogens is 1. The second kappa shape index (κ2) is 11.8. The molecule has 1 amide bonds. The van der Waals surface area contributed by atoms with Gasteiger partial charge in [0.15, 0.2) is 4.80 Å². The molecule has 0 radical (unpaired) electrons. The van der Waals surface area contributed by atoms with Gasteiger partial charge in [-0.25, -0.2) is 8.42 Å². The van der Waals surface area contributed by atoms with Crippen LogP contribution in [-0.2, 0) is 21.3 Å². The molecular weight excluding hydrogens is 517 g/mol. The average Bonchev–Trinajstić information content (AvgIpc) is 3.18. The number of methoxy groups -OCH3 is 1. The number of hydrogen-bond acceptors (Lipinski definition) is 5. The first kappa shape index (κ1) is 26.8. The molecule has 0 fully saturated rings. The molecule has 0 saturated heterocycles. The number of unbranched alkanes of at least 4 members (excludes halogenated alkanes) is 1. The number of rotatable bonds is 10. The van der Waals surface area contributed by atoms with Crippen molar-refractivity contribution in [3.63, 3.8) is 0 Å². The van der Waals surface area contributed by atoms with Crippen molar-refractivity contribution >= 4 is 60.7 Å². The van der Waals surface area contributed by atoms with Crippen LogP contribution in [0.1, 0.15) is 37.0 Å². The summed E-state index contributed by atoms with van der Waals surface area (Å²) in [4.78, 5) is 17.8. The molecule has 1 aromatic heterocycles. The number of carbonyl (C=O) groups excluding carboxylic acids is 1. The van der Waals surface area contributed by atoms with E-state index in [4.69, 9.17) is 27.9 Å². The molecule has 2 aromatic carbocycles. The van der Waals surface area contributed by atoms with Crippen LogP contribution in [0.5, 0.6) is 0 Å². The number of nitrogens with zero attached hydrogens (tertiary/aromatic N) is 3. The summed E-state index contributed by atoms with van der Waals surface area (Å²) in [5.41, 5.74) is 0.978. The normalized spacial score (nSPS) is 12.7. The Labute approximate surface area is 213 Å². The summed E-state index contributed by atoms with van der Waals surface area (Å²) in [7, 11) is -2.03. The van der Waals surface area contributed by atoms with E-state index in [2.05, 4.69) is 4.99 Å². The van der Waals surface area contributed by atoms with E-state index in [1.165, 1.54) is 39.9 Å². The Kier molecular flexibility index (Phi) is 9.31. The van der Waals surface area contributed by atoms with Crippen molar-refractivity contribution in [1.29, 1.82) is 0 Å². The molecule has 3 rings (SSSR count). The van der Waals surface area contributed by atoms with Gasteiger partial charge in [-0.05, 0) is 42.8 Å². The van der Waals surface area contributed by atoms with Gasteiger partial charge in [0.2, 0.25) is 10.0 Å². The van der Waals surface area contributed by atoms with Crippen LogP contribution in [0, 0.1) is 0 Å². The first-order chi connectivity index (χ1) is 16.2. The van der Waals surface area contributed by atoms with E-state index in [1.807, 2.05) is 19.9 Å². The highest BCUT2D eigenvalue weighted by Crippen LogP contribution is 2.32. The van der Waals surface area contributed by atoms with Crippen molar-refractivity contribution in [1.82, 2.24) is 8.87 Å². The minimum Gasteiger partial charge on any atom is -0.383 e. The Morgan fingerprint density at radius 1 is 1.15 bits per heavy atom. The molecular formula is C23H27Cl2N3O4S2. The van der Waals surface area contributed by atoms with Crippen LogP contribution >= 0.6 is 34.5 Å². The fourth-order valence-corrected chi connectivity index (χ4v) is 6.46. The largest absolute Gasteiger partial charge is 0.383 e. The summed E-state index contributed by atoms with van der Waals surface area (Å²) < 4.78 is 35.1. The lowest BCUT2D eigenvalue weighted by Crippen LogP contribution is -2.31. The van der Waals surface area contributed by atoms with Gasteiger partial charge in [-0.3, -0.25) is 4.79 Å². The third kappa shape index (κ3) is 5.72. The average molecular weight is 545 g/mol. The molecule has 0 bridgehead atoms. The van der Waals surface area contributed by atoms with Crippen LogP contribution in [0.25, 0.3) is 10.2 Å². The highest BCUT2D eigenvalue weighted by Gasteiger charge is 2.23. The molecule has 0 spiro atoms. The molecule has 11 heteroatoms. The summed E-state index contributed by atoms with van der Waals surface area (Å²) in [5.74, 6) is -0.484. The molecule has 0 aliphatic carbocycles. The van der Waals surface area contributed by atoms with E-state index in [9.17, 15) is 13.2 Å². The van der Waals surface area contributed by atoms with Gasteiger partial charge in [-0.15, -0.1) is 0 Å². The second-order valence-corrected chi connectivity index (χ2v) is 11.3. The molecule has 0 N–H and O–H groups in total. The highest BCUT2D eigenvalue weighted by atomic mass is 35.5. The number of carbonyl (C=O) groups is 1. The van der Waals surface area contributed by atoms with Crippen molar-refractivity contribution in [2.75, 3.05) is 26.8 Å². The van der Waals surface area contributed by atoms with Crippen LogP contribution in [0.4, 0.5) is 0 Å². The molecule has 34 heavy (non-hydrogen) atoms. The summed E-state index contributed by atoms with van der Waals surface area (Å²) in [5, 5.41) is 0.798. The molecule has 1 heterocycles. The van der Waals surface area contributed by atoms with Crippen LogP contribution in [-0.4, -0.2) is 50.0 Å². The van der Waals surface area contributed by atoms with Crippen LogP contribution < -0.4 is 4.80 Å². The summed E-state index contributed by atoms with van der Waals surface area (Å²) in [6.07, 6.45) is 1.69. The lowest BCUT2D eigenvalue weighted by Gasteiger charge is -2.20. The van der Waals surface area contributed by atoms with E-state index in [0.29, 0.717) is 46.6 Å². The van der Waals surface area contributed by atoms with Crippen molar-refractivity contribution < 1.29 is 17.9 Å². The van der Waals surface area contributed by atoms with Gasteiger partial charge in [0.1, 0.15) is 0 Å². The fraction of sp³-hybridized carbons (Fsp3) is 0.391. The zero-order valence-electron chi connectivity index (χ0n) is 19.3. The molecule has 0 saturated carbocycles. The van der Waals surface area contributed by atoms with Crippen LogP contribution in [0.2, 0.25) is 10.0 Å². The van der Waals surface area contributed by atoms with Crippen molar-refractivity contribution in [2.45, 2.75) is 38.1 Å². The predicted octanol–water partition coefficient (Wildman–Crippen LogP) is 5.21. The first-order valence-corrected chi connectivity index (χ1v) is 13.9. The number of halogens is 2. The van der Waals surface area contributed by atoms with Crippen LogP contribution in [0.3, 0.4) is 0 Å². The first-order valence-electron chi connectivity index (χ1n) is 10.9. The zero-order valence-corrected chi connectivity index (χ0v) is 22.4. The molecule has 3 aromatic rings. The predicted molar refractivity (Wildman–Crippen MR) is 137 cm³/mol. The van der Waals surface area contributed by atoms with Gasteiger partial charge in [0, 0.05) is 32.3 Å².